The number of benzene rings is 1. The fourth-order valence-electron chi connectivity index (χ4n) is 2.18. The van der Waals surface area contributed by atoms with Crippen LogP contribution in [0.15, 0.2) is 16.6 Å². The van der Waals surface area contributed by atoms with E-state index >= 15 is 0 Å². The van der Waals surface area contributed by atoms with E-state index in [1.54, 1.807) is 0 Å². The molecule has 0 bridgehead atoms. The number of nitrogens with two attached hydrogens (primary N) is 1. The summed E-state index contributed by atoms with van der Waals surface area (Å²) in [6, 6.07) is 4.34. The molecule has 1 atom stereocenters. The van der Waals surface area contributed by atoms with Gasteiger partial charge in [-0.25, -0.2) is 0 Å². The lowest BCUT2D eigenvalue weighted by Gasteiger charge is -2.19. The molecule has 2 nitrogen and oxygen atoms in total. The lowest BCUT2D eigenvalue weighted by atomic mass is 9.94. The third-order valence-electron chi connectivity index (χ3n) is 2.67. The largest absolute Gasteiger partial charge is 0.489 e. The SMILES string of the molecule is CC1Cc2cc(CC(C)(C)N)cc(Br)c2O1. The highest BCUT2D eigenvalue weighted by Gasteiger charge is 2.23. The molecule has 88 valence electrons. The second-order valence-corrected chi connectivity index (χ2v) is 6.22. The van der Waals surface area contributed by atoms with E-state index in [4.69, 9.17) is 10.5 Å². The van der Waals surface area contributed by atoms with Gasteiger partial charge in [0.05, 0.1) is 4.47 Å². The van der Waals surface area contributed by atoms with Gasteiger partial charge >= 0.3 is 0 Å². The van der Waals surface area contributed by atoms with Crippen LogP contribution in [0, 0.1) is 0 Å². The molecule has 0 aliphatic carbocycles. The van der Waals surface area contributed by atoms with Gasteiger partial charge in [0.25, 0.3) is 0 Å². The van der Waals surface area contributed by atoms with Crippen LogP contribution in [0.2, 0.25) is 0 Å². The number of halogens is 1. The first-order valence-electron chi connectivity index (χ1n) is 5.62. The molecule has 2 rings (SSSR count). The summed E-state index contributed by atoms with van der Waals surface area (Å²) in [5.74, 6) is 1.01. The van der Waals surface area contributed by atoms with Crippen LogP contribution in [0.3, 0.4) is 0 Å². The van der Waals surface area contributed by atoms with Crippen LogP contribution in [-0.4, -0.2) is 11.6 Å². The molecule has 2 N–H and O–H groups in total. The minimum absolute atomic E-state index is 0.168. The Morgan fingerprint density at radius 2 is 2.19 bits per heavy atom. The summed E-state index contributed by atoms with van der Waals surface area (Å²) in [7, 11) is 0. The quantitative estimate of drug-likeness (QED) is 0.906. The molecule has 0 fully saturated rings. The first-order chi connectivity index (χ1) is 7.35. The van der Waals surface area contributed by atoms with Gasteiger partial charge in [0.15, 0.2) is 0 Å². The third-order valence-corrected chi connectivity index (χ3v) is 3.26. The Balaban J connectivity index is 2.31. The topological polar surface area (TPSA) is 35.2 Å². The molecule has 0 radical (unpaired) electrons. The summed E-state index contributed by atoms with van der Waals surface area (Å²) in [4.78, 5) is 0. The van der Waals surface area contributed by atoms with Crippen LogP contribution in [0.25, 0.3) is 0 Å². The highest BCUT2D eigenvalue weighted by molar-refractivity contribution is 9.10. The van der Waals surface area contributed by atoms with Crippen molar-refractivity contribution in [1.29, 1.82) is 0 Å². The maximum Gasteiger partial charge on any atom is 0.137 e. The van der Waals surface area contributed by atoms with Crippen LogP contribution >= 0.6 is 15.9 Å². The Labute approximate surface area is 105 Å². The van der Waals surface area contributed by atoms with Crippen LogP contribution in [0.1, 0.15) is 31.9 Å². The second kappa shape index (κ2) is 4.04. The van der Waals surface area contributed by atoms with E-state index in [-0.39, 0.29) is 11.6 Å². The van der Waals surface area contributed by atoms with Gasteiger partial charge in [0, 0.05) is 12.0 Å². The van der Waals surface area contributed by atoms with Crippen LogP contribution in [-0.2, 0) is 12.8 Å². The van der Waals surface area contributed by atoms with Crippen molar-refractivity contribution in [2.75, 3.05) is 0 Å². The summed E-state index contributed by atoms with van der Waals surface area (Å²) in [5.41, 5.74) is 8.44. The van der Waals surface area contributed by atoms with E-state index in [1.807, 2.05) is 13.8 Å². The van der Waals surface area contributed by atoms with Gasteiger partial charge in [-0.1, -0.05) is 6.07 Å². The number of hydrogen-bond acceptors (Lipinski definition) is 2. The van der Waals surface area contributed by atoms with Gasteiger partial charge < -0.3 is 10.5 Å². The maximum absolute atomic E-state index is 6.04. The van der Waals surface area contributed by atoms with Crippen molar-refractivity contribution in [1.82, 2.24) is 0 Å². The summed E-state index contributed by atoms with van der Waals surface area (Å²) >= 11 is 3.57. The Morgan fingerprint density at radius 3 is 2.81 bits per heavy atom. The highest BCUT2D eigenvalue weighted by Crippen LogP contribution is 2.37. The summed E-state index contributed by atoms with van der Waals surface area (Å²) < 4.78 is 6.79. The molecule has 0 amide bonds. The standard InChI is InChI=1S/C13H18BrNO/c1-8-4-10-5-9(7-13(2,3)15)6-11(14)12(10)16-8/h5-6,8H,4,7,15H2,1-3H3. The summed E-state index contributed by atoms with van der Waals surface area (Å²) in [6.07, 6.45) is 2.16. The zero-order chi connectivity index (χ0) is 11.9. The van der Waals surface area contributed by atoms with E-state index in [1.165, 1.54) is 11.1 Å². The fraction of sp³-hybridized carbons (Fsp3) is 0.538. The van der Waals surface area contributed by atoms with Crippen LogP contribution < -0.4 is 10.5 Å². The van der Waals surface area contributed by atoms with Gasteiger partial charge in [-0.15, -0.1) is 0 Å². The zero-order valence-corrected chi connectivity index (χ0v) is 11.6. The minimum Gasteiger partial charge on any atom is -0.489 e. The first-order valence-corrected chi connectivity index (χ1v) is 6.41. The van der Waals surface area contributed by atoms with Crippen LogP contribution in [0.5, 0.6) is 5.75 Å². The highest BCUT2D eigenvalue weighted by atomic mass is 79.9. The normalized spacial score (nSPS) is 19.4. The average molecular weight is 284 g/mol. The van der Waals surface area contributed by atoms with Crippen molar-refractivity contribution in [3.05, 3.63) is 27.7 Å². The lowest BCUT2D eigenvalue weighted by molar-refractivity contribution is 0.253. The number of rotatable bonds is 2. The van der Waals surface area contributed by atoms with Crippen molar-refractivity contribution < 1.29 is 4.74 Å². The van der Waals surface area contributed by atoms with E-state index in [2.05, 4.69) is 35.0 Å². The molecule has 1 aromatic carbocycles. The van der Waals surface area contributed by atoms with Gasteiger partial charge in [0.2, 0.25) is 0 Å². The molecule has 0 spiro atoms. The number of ether oxygens (including phenoxy) is 1. The van der Waals surface area contributed by atoms with E-state index in [0.29, 0.717) is 0 Å². The smallest absolute Gasteiger partial charge is 0.137 e. The van der Waals surface area contributed by atoms with Gasteiger partial charge in [-0.05, 0) is 60.3 Å². The van der Waals surface area contributed by atoms with Gasteiger partial charge in [0.1, 0.15) is 11.9 Å². The maximum atomic E-state index is 6.04. The Bertz CT molecular complexity index is 409. The minimum atomic E-state index is -0.168. The number of hydrogen-bond donors (Lipinski definition) is 1. The summed E-state index contributed by atoms with van der Waals surface area (Å²) in [5, 5.41) is 0. The zero-order valence-electron chi connectivity index (χ0n) is 10.0. The van der Waals surface area contributed by atoms with E-state index in [0.717, 1.165) is 23.1 Å². The second-order valence-electron chi connectivity index (χ2n) is 5.36. The Morgan fingerprint density at radius 1 is 1.50 bits per heavy atom. The third kappa shape index (κ3) is 2.58. The predicted octanol–water partition coefficient (Wildman–Crippen LogP) is 3.05. The molecule has 16 heavy (non-hydrogen) atoms. The number of fused-ring (bicyclic) bond motifs is 1. The van der Waals surface area contributed by atoms with E-state index in [9.17, 15) is 0 Å². The molecule has 1 unspecified atom stereocenters. The molecule has 3 heteroatoms. The molecule has 1 aromatic rings. The lowest BCUT2D eigenvalue weighted by Crippen LogP contribution is -2.34. The van der Waals surface area contributed by atoms with Crippen molar-refractivity contribution in [3.63, 3.8) is 0 Å². The molecule has 0 saturated heterocycles. The molecule has 1 aliphatic heterocycles. The molecular weight excluding hydrogens is 266 g/mol. The first kappa shape index (κ1) is 11.9. The molecule has 0 aromatic heterocycles. The predicted molar refractivity (Wildman–Crippen MR) is 69.9 cm³/mol. The van der Waals surface area contributed by atoms with Crippen molar-refractivity contribution in [3.8, 4) is 5.75 Å². The Kier molecular flexibility index (Phi) is 3.01. The molecular formula is C13H18BrNO. The Hall–Kier alpha value is -0.540. The van der Waals surface area contributed by atoms with Crippen molar-refractivity contribution in [2.45, 2.75) is 45.3 Å². The van der Waals surface area contributed by atoms with Crippen molar-refractivity contribution >= 4 is 15.9 Å². The van der Waals surface area contributed by atoms with Gasteiger partial charge in [-0.2, -0.15) is 0 Å². The average Bonchev–Trinajstić information content (AvgIpc) is 2.42. The fourth-order valence-corrected chi connectivity index (χ4v) is 2.82. The van der Waals surface area contributed by atoms with E-state index < -0.39 is 0 Å². The van der Waals surface area contributed by atoms with Crippen LogP contribution in [0.4, 0.5) is 0 Å². The summed E-state index contributed by atoms with van der Waals surface area (Å²) in [6.45, 7) is 6.19. The monoisotopic (exact) mass is 283 g/mol. The molecule has 1 heterocycles. The van der Waals surface area contributed by atoms with Gasteiger partial charge in [-0.3, -0.25) is 0 Å². The van der Waals surface area contributed by atoms with Crippen molar-refractivity contribution in [2.24, 2.45) is 5.73 Å². The molecule has 1 aliphatic rings. The molecule has 0 saturated carbocycles.